The van der Waals surface area contributed by atoms with Crippen LogP contribution in [0.3, 0.4) is 0 Å². The highest BCUT2D eigenvalue weighted by Gasteiger charge is 2.44. The van der Waals surface area contributed by atoms with Crippen molar-refractivity contribution in [2.45, 2.75) is 44.2 Å². The van der Waals surface area contributed by atoms with Crippen LogP contribution in [0.2, 0.25) is 0 Å². The molecule has 4 atom stereocenters. The lowest BCUT2D eigenvalue weighted by molar-refractivity contribution is -0.256. The molecule has 1 fully saturated rings. The van der Waals surface area contributed by atoms with Gasteiger partial charge in [0.1, 0.15) is 18.3 Å². The second-order valence-corrected chi connectivity index (χ2v) is 8.21. The third-order valence-corrected chi connectivity index (χ3v) is 5.86. The molecule has 0 radical (unpaired) electrons. The van der Waals surface area contributed by atoms with Crippen LogP contribution in [0.25, 0.3) is 0 Å². The highest BCUT2D eigenvalue weighted by molar-refractivity contribution is 5.16. The van der Waals surface area contributed by atoms with Crippen LogP contribution in [0, 0.1) is 0 Å². The number of rotatable bonds is 10. The molecule has 3 aromatic carbocycles. The molecule has 1 N–H and O–H groups in total. The van der Waals surface area contributed by atoms with E-state index in [1.807, 2.05) is 91.0 Å². The molecule has 0 saturated carbocycles. The Hall–Kier alpha value is -2.80. The van der Waals surface area contributed by atoms with E-state index in [1.54, 1.807) is 6.08 Å². The summed E-state index contributed by atoms with van der Waals surface area (Å²) < 4.78 is 19.0. The Labute approximate surface area is 195 Å². The van der Waals surface area contributed by atoms with Crippen molar-refractivity contribution >= 4 is 0 Å². The first-order valence-electron chi connectivity index (χ1n) is 11.3. The van der Waals surface area contributed by atoms with E-state index in [0.29, 0.717) is 26.4 Å². The van der Waals surface area contributed by atoms with Crippen LogP contribution in [0.4, 0.5) is 0 Å². The van der Waals surface area contributed by atoms with Gasteiger partial charge in [0, 0.05) is 0 Å². The standard InChI is InChI=1S/C28H31NO4/c1-2-25-27(32-20-23-14-8-4-9-15-23)28(33-21-24-16-10-5-11-17-24)26(18-29(25)30)31-19-22-12-6-3-7-13-22/h2-17,25-28,30H,1,18-21H2/t25-,26-,27-,28-/m1/s1. The lowest BCUT2D eigenvalue weighted by atomic mass is 9.94. The largest absolute Gasteiger partial charge is 0.369 e. The molecule has 4 rings (SSSR count). The number of ether oxygens (including phenoxy) is 3. The zero-order valence-electron chi connectivity index (χ0n) is 18.7. The average Bonchev–Trinajstić information content (AvgIpc) is 2.87. The van der Waals surface area contributed by atoms with Crippen molar-refractivity contribution in [3.05, 3.63) is 120 Å². The van der Waals surface area contributed by atoms with Crippen LogP contribution in [0.5, 0.6) is 0 Å². The van der Waals surface area contributed by atoms with Crippen LogP contribution in [-0.2, 0) is 34.0 Å². The topological polar surface area (TPSA) is 51.2 Å². The first kappa shape index (κ1) is 23.4. The minimum absolute atomic E-state index is 0.300. The molecule has 0 aromatic heterocycles. The first-order valence-corrected chi connectivity index (χ1v) is 11.3. The van der Waals surface area contributed by atoms with Crippen LogP contribution in [0.1, 0.15) is 16.7 Å². The van der Waals surface area contributed by atoms with Gasteiger partial charge in [0.25, 0.3) is 0 Å². The first-order chi connectivity index (χ1) is 16.2. The monoisotopic (exact) mass is 445 g/mol. The van der Waals surface area contributed by atoms with Crippen molar-refractivity contribution in [3.8, 4) is 0 Å². The summed E-state index contributed by atoms with van der Waals surface area (Å²) in [7, 11) is 0. The fraction of sp³-hybridized carbons (Fsp3) is 0.286. The van der Waals surface area contributed by atoms with Crippen LogP contribution in [0.15, 0.2) is 104 Å². The summed E-state index contributed by atoms with van der Waals surface area (Å²) in [5.74, 6) is 0. The Morgan fingerprint density at radius 2 is 1.12 bits per heavy atom. The predicted octanol–water partition coefficient (Wildman–Crippen LogP) is 5.00. The Morgan fingerprint density at radius 3 is 1.58 bits per heavy atom. The summed E-state index contributed by atoms with van der Waals surface area (Å²) in [6, 6.07) is 29.6. The summed E-state index contributed by atoms with van der Waals surface area (Å²) >= 11 is 0. The maximum absolute atomic E-state index is 10.8. The van der Waals surface area contributed by atoms with E-state index in [4.69, 9.17) is 14.2 Å². The van der Waals surface area contributed by atoms with Crippen molar-refractivity contribution in [1.29, 1.82) is 0 Å². The van der Waals surface area contributed by atoms with Crippen molar-refractivity contribution in [3.63, 3.8) is 0 Å². The van der Waals surface area contributed by atoms with Gasteiger partial charge in [-0.2, -0.15) is 5.06 Å². The van der Waals surface area contributed by atoms with Gasteiger partial charge in [-0.3, -0.25) is 0 Å². The summed E-state index contributed by atoms with van der Waals surface area (Å²) in [6.07, 6.45) is 0.493. The molecule has 33 heavy (non-hydrogen) atoms. The number of nitrogens with zero attached hydrogens (tertiary/aromatic N) is 1. The van der Waals surface area contributed by atoms with E-state index in [9.17, 15) is 5.21 Å². The maximum Gasteiger partial charge on any atom is 0.113 e. The zero-order valence-corrected chi connectivity index (χ0v) is 18.7. The van der Waals surface area contributed by atoms with Gasteiger partial charge in [-0.1, -0.05) is 97.1 Å². The third-order valence-electron chi connectivity index (χ3n) is 5.86. The predicted molar refractivity (Wildman–Crippen MR) is 128 cm³/mol. The van der Waals surface area contributed by atoms with Crippen molar-refractivity contribution < 1.29 is 19.4 Å². The van der Waals surface area contributed by atoms with E-state index < -0.39 is 12.1 Å². The number of hydrogen-bond acceptors (Lipinski definition) is 5. The molecule has 0 aliphatic carbocycles. The van der Waals surface area contributed by atoms with Gasteiger partial charge in [0.05, 0.1) is 32.4 Å². The van der Waals surface area contributed by atoms with Crippen molar-refractivity contribution in [1.82, 2.24) is 5.06 Å². The number of hydrogen-bond donors (Lipinski definition) is 1. The summed E-state index contributed by atoms with van der Waals surface area (Å²) in [5.41, 5.74) is 3.19. The van der Waals surface area contributed by atoms with E-state index in [0.717, 1.165) is 16.7 Å². The molecular formula is C28H31NO4. The van der Waals surface area contributed by atoms with Gasteiger partial charge in [0.15, 0.2) is 0 Å². The average molecular weight is 446 g/mol. The second kappa shape index (κ2) is 11.9. The quantitative estimate of drug-likeness (QED) is 0.445. The minimum Gasteiger partial charge on any atom is -0.369 e. The van der Waals surface area contributed by atoms with Gasteiger partial charge in [-0.25, -0.2) is 0 Å². The normalized spacial score (nSPS) is 23.3. The van der Waals surface area contributed by atoms with Crippen molar-refractivity contribution in [2.75, 3.05) is 6.54 Å². The molecule has 172 valence electrons. The number of hydroxylamine groups is 2. The lowest BCUT2D eigenvalue weighted by Gasteiger charge is -2.45. The van der Waals surface area contributed by atoms with Crippen LogP contribution < -0.4 is 0 Å². The Balaban J connectivity index is 1.53. The highest BCUT2D eigenvalue weighted by Crippen LogP contribution is 2.28. The van der Waals surface area contributed by atoms with Crippen molar-refractivity contribution in [2.24, 2.45) is 0 Å². The van der Waals surface area contributed by atoms with Gasteiger partial charge < -0.3 is 19.4 Å². The molecular weight excluding hydrogens is 414 g/mol. The highest BCUT2D eigenvalue weighted by atomic mass is 16.6. The number of piperidine rings is 1. The van der Waals surface area contributed by atoms with E-state index in [1.165, 1.54) is 5.06 Å². The number of benzene rings is 3. The van der Waals surface area contributed by atoms with E-state index in [-0.39, 0.29) is 12.2 Å². The third kappa shape index (κ3) is 6.38. The van der Waals surface area contributed by atoms with E-state index >= 15 is 0 Å². The molecule has 0 unspecified atom stereocenters. The fourth-order valence-corrected chi connectivity index (χ4v) is 4.10. The van der Waals surface area contributed by atoms with Gasteiger partial charge in [-0.05, 0) is 16.7 Å². The Kier molecular flexibility index (Phi) is 8.41. The molecule has 3 aromatic rings. The van der Waals surface area contributed by atoms with Gasteiger partial charge in [0.2, 0.25) is 0 Å². The van der Waals surface area contributed by atoms with Crippen LogP contribution in [-0.4, -0.2) is 41.2 Å². The van der Waals surface area contributed by atoms with Gasteiger partial charge in [-0.15, -0.1) is 6.58 Å². The summed E-state index contributed by atoms with van der Waals surface area (Å²) in [6.45, 7) is 5.49. The SMILES string of the molecule is C=C[C@@H]1[C@@H](OCc2ccccc2)[C@H](OCc2ccccc2)[C@H](OCc2ccccc2)CN1O. The van der Waals surface area contributed by atoms with E-state index in [2.05, 4.69) is 6.58 Å². The molecule has 1 aliphatic rings. The molecule has 5 heteroatoms. The maximum atomic E-state index is 10.8. The summed E-state index contributed by atoms with van der Waals surface area (Å²) in [5, 5.41) is 12.0. The summed E-state index contributed by atoms with van der Waals surface area (Å²) in [4.78, 5) is 0. The van der Waals surface area contributed by atoms with Gasteiger partial charge >= 0.3 is 0 Å². The molecule has 0 spiro atoms. The molecule has 1 heterocycles. The molecule has 0 bridgehead atoms. The Bertz CT molecular complexity index is 967. The molecule has 5 nitrogen and oxygen atoms in total. The smallest absolute Gasteiger partial charge is 0.113 e. The minimum atomic E-state index is -0.453. The molecule has 1 saturated heterocycles. The zero-order chi connectivity index (χ0) is 22.9. The molecule has 0 amide bonds. The lowest BCUT2D eigenvalue weighted by Crippen LogP contribution is -2.61. The molecule has 1 aliphatic heterocycles. The fourth-order valence-electron chi connectivity index (χ4n) is 4.10. The van der Waals surface area contributed by atoms with Crippen LogP contribution >= 0.6 is 0 Å². The second-order valence-electron chi connectivity index (χ2n) is 8.21. The Morgan fingerprint density at radius 1 is 0.697 bits per heavy atom.